The van der Waals surface area contributed by atoms with E-state index in [9.17, 15) is 15.0 Å². The number of Topliss-reactive ketones (excluding diaryl/α,β-unsaturated/α-hetero) is 3. The molecule has 1 spiro atoms. The Balaban J connectivity index is 2.18. The van der Waals surface area contributed by atoms with Crippen molar-refractivity contribution >= 4 is 17.3 Å². The van der Waals surface area contributed by atoms with Crippen LogP contribution >= 0.6 is 0 Å². The van der Waals surface area contributed by atoms with Crippen molar-refractivity contribution in [3.63, 3.8) is 0 Å². The number of allylic oxidation sites excluding steroid dienone is 8. The maximum atomic E-state index is 15.6. The molecule has 2 aliphatic carbocycles. The minimum atomic E-state index is -1.54. The number of rotatable bonds is 8. The monoisotopic (exact) mass is 630 g/mol. The van der Waals surface area contributed by atoms with Gasteiger partial charge in [0.15, 0.2) is 28.8 Å². The Morgan fingerprint density at radius 2 is 1.26 bits per heavy atom. The number of carbonyl (C=O) groups is 3. The quantitative estimate of drug-likeness (QED) is 0.0976. The fourth-order valence-electron chi connectivity index (χ4n) is 8.25. The minimum absolute atomic E-state index is 0.0514. The van der Waals surface area contributed by atoms with Crippen LogP contribution in [0.15, 0.2) is 64.5 Å². The fourth-order valence-corrected chi connectivity index (χ4v) is 8.25. The van der Waals surface area contributed by atoms with Gasteiger partial charge in [0.05, 0.1) is 5.41 Å². The van der Waals surface area contributed by atoms with Gasteiger partial charge in [-0.2, -0.15) is 0 Å². The predicted molar refractivity (Wildman–Crippen MR) is 183 cm³/mol. The van der Waals surface area contributed by atoms with Gasteiger partial charge in [0, 0.05) is 11.0 Å². The van der Waals surface area contributed by atoms with E-state index in [4.69, 9.17) is 4.74 Å². The number of fused-ring (bicyclic) bond motifs is 1. The molecule has 1 saturated heterocycles. The lowest BCUT2D eigenvalue weighted by atomic mass is 9.34. The van der Waals surface area contributed by atoms with Gasteiger partial charge < -0.3 is 14.9 Å². The first kappa shape index (κ1) is 35.4. The Hall–Kier alpha value is -3.41. The van der Waals surface area contributed by atoms with E-state index < -0.39 is 50.0 Å². The number of phenols is 2. The molecule has 1 aromatic rings. The molecule has 46 heavy (non-hydrogen) atoms. The third kappa shape index (κ3) is 5.11. The molecule has 0 radical (unpaired) electrons. The molecule has 4 rings (SSSR count). The van der Waals surface area contributed by atoms with E-state index in [1.54, 1.807) is 0 Å². The molecular formula is C40H54O6. The molecule has 2 fully saturated rings. The predicted octanol–water partition coefficient (Wildman–Crippen LogP) is 9.37. The Morgan fingerprint density at radius 1 is 0.761 bits per heavy atom. The summed E-state index contributed by atoms with van der Waals surface area (Å²) in [7, 11) is 0. The largest absolute Gasteiger partial charge is 0.504 e. The lowest BCUT2D eigenvalue weighted by Crippen LogP contribution is -2.72. The Kier molecular flexibility index (Phi) is 8.77. The third-order valence-corrected chi connectivity index (χ3v) is 12.1. The Morgan fingerprint density at radius 3 is 1.78 bits per heavy atom. The Labute approximate surface area is 275 Å². The molecule has 1 heterocycles. The van der Waals surface area contributed by atoms with Gasteiger partial charge in [0.25, 0.3) is 0 Å². The van der Waals surface area contributed by atoms with E-state index >= 15 is 9.59 Å². The highest BCUT2D eigenvalue weighted by Gasteiger charge is 2.78. The van der Waals surface area contributed by atoms with Gasteiger partial charge in [-0.15, -0.1) is 0 Å². The van der Waals surface area contributed by atoms with Crippen LogP contribution in [0.3, 0.4) is 0 Å². The number of phenolic OH excluding ortho intramolecular Hbond substituents is 2. The maximum Gasteiger partial charge on any atom is 0.200 e. The molecule has 0 aromatic heterocycles. The molecular weight excluding hydrogens is 576 g/mol. The van der Waals surface area contributed by atoms with Crippen LogP contribution in [-0.4, -0.2) is 33.2 Å². The van der Waals surface area contributed by atoms with Crippen LogP contribution in [0.25, 0.3) is 0 Å². The molecule has 1 saturated carbocycles. The summed E-state index contributed by atoms with van der Waals surface area (Å²) in [5.41, 5.74) is -2.21. The van der Waals surface area contributed by atoms with Gasteiger partial charge in [0.2, 0.25) is 0 Å². The van der Waals surface area contributed by atoms with Crippen molar-refractivity contribution in [1.82, 2.24) is 0 Å². The molecule has 1 aromatic carbocycles. The van der Waals surface area contributed by atoms with Gasteiger partial charge in [-0.3, -0.25) is 14.4 Å². The smallest absolute Gasteiger partial charge is 0.200 e. The average molecular weight is 631 g/mol. The standard InChI is InChI=1S/C40H54O6/c1-24(2)15-18-37(11)22-39-23-38(12,19-16-25(3)4)36(9,10)46-33(39)30(31(43)27-13-14-28(41)29(42)21-27)32(44)40(34(39)45,35(37,7)8)20-17-26(5)6/h13-17,21,41-42H,18-20,22-23H2,1-12H3/t37-,38+,39+,40+/m1/s1. The summed E-state index contributed by atoms with van der Waals surface area (Å²) in [6.07, 6.45) is 8.71. The van der Waals surface area contributed by atoms with Gasteiger partial charge in [-0.25, -0.2) is 0 Å². The normalized spacial score (nSPS) is 31.0. The zero-order valence-corrected chi connectivity index (χ0v) is 30.0. The van der Waals surface area contributed by atoms with Gasteiger partial charge in [0.1, 0.15) is 22.3 Å². The lowest BCUT2D eigenvalue weighted by molar-refractivity contribution is -0.213. The second kappa shape index (κ2) is 11.4. The second-order valence-electron chi connectivity index (χ2n) is 16.6. The second-order valence-corrected chi connectivity index (χ2v) is 16.6. The van der Waals surface area contributed by atoms with Crippen molar-refractivity contribution in [3.05, 3.63) is 70.0 Å². The van der Waals surface area contributed by atoms with Crippen LogP contribution < -0.4 is 0 Å². The first-order valence-electron chi connectivity index (χ1n) is 16.5. The van der Waals surface area contributed by atoms with Crippen LogP contribution in [0.1, 0.15) is 126 Å². The molecule has 6 heteroatoms. The maximum absolute atomic E-state index is 15.6. The molecule has 0 unspecified atom stereocenters. The van der Waals surface area contributed by atoms with E-state index in [2.05, 4.69) is 53.7 Å². The summed E-state index contributed by atoms with van der Waals surface area (Å²) in [5.74, 6) is -1.93. The first-order valence-corrected chi connectivity index (χ1v) is 16.5. The third-order valence-electron chi connectivity index (χ3n) is 12.1. The lowest BCUT2D eigenvalue weighted by Gasteiger charge is -2.68. The zero-order valence-electron chi connectivity index (χ0n) is 30.0. The van der Waals surface area contributed by atoms with Crippen molar-refractivity contribution in [3.8, 4) is 11.5 Å². The van der Waals surface area contributed by atoms with Crippen LogP contribution in [0.2, 0.25) is 0 Å². The number of aromatic hydroxyl groups is 2. The number of carbonyl (C=O) groups excluding carboxylic acids is 3. The van der Waals surface area contributed by atoms with E-state index in [0.29, 0.717) is 25.7 Å². The van der Waals surface area contributed by atoms with Crippen molar-refractivity contribution in [1.29, 1.82) is 0 Å². The summed E-state index contributed by atoms with van der Waals surface area (Å²) in [6, 6.07) is 3.82. The summed E-state index contributed by atoms with van der Waals surface area (Å²) in [4.78, 5) is 45.6. The van der Waals surface area contributed by atoms with Crippen LogP contribution in [0.5, 0.6) is 11.5 Å². The topological polar surface area (TPSA) is 101 Å². The minimum Gasteiger partial charge on any atom is -0.504 e. The SMILES string of the molecule is CC(C)=CC[C@@]1(C)C[C@@]23C[C@@](C)(CC=C(C)C)C(C)(C)[C@@](CC=C(C)C)(C(=O)C(C(=O)c4ccc(O)c(O)c4)=C2OC1(C)C)C3=O. The molecule has 3 aliphatic rings. The summed E-state index contributed by atoms with van der Waals surface area (Å²) in [5, 5.41) is 20.4. The molecule has 2 N–H and O–H groups in total. The van der Waals surface area contributed by atoms with Crippen LogP contribution in [-0.2, 0) is 14.3 Å². The molecule has 4 atom stereocenters. The van der Waals surface area contributed by atoms with E-state index in [-0.39, 0.29) is 34.8 Å². The van der Waals surface area contributed by atoms with Gasteiger partial charge in [-0.05, 0) is 117 Å². The van der Waals surface area contributed by atoms with Crippen molar-refractivity contribution in [2.75, 3.05) is 0 Å². The molecule has 2 bridgehead atoms. The van der Waals surface area contributed by atoms with Crippen LogP contribution in [0, 0.1) is 27.1 Å². The highest BCUT2D eigenvalue weighted by Crippen LogP contribution is 2.74. The number of ketones is 3. The van der Waals surface area contributed by atoms with Crippen molar-refractivity contribution in [2.24, 2.45) is 27.1 Å². The van der Waals surface area contributed by atoms with Crippen molar-refractivity contribution < 1.29 is 29.3 Å². The first-order chi connectivity index (χ1) is 21.0. The molecule has 6 nitrogen and oxygen atoms in total. The molecule has 1 aliphatic heterocycles. The number of benzene rings is 1. The van der Waals surface area contributed by atoms with Gasteiger partial charge in [-0.1, -0.05) is 62.6 Å². The Bertz CT molecular complexity index is 1600. The van der Waals surface area contributed by atoms with Crippen LogP contribution in [0.4, 0.5) is 0 Å². The number of hydrogen-bond acceptors (Lipinski definition) is 6. The highest BCUT2D eigenvalue weighted by atomic mass is 16.5. The summed E-state index contributed by atoms with van der Waals surface area (Å²) >= 11 is 0. The fraction of sp³-hybridized carbons (Fsp3) is 0.575. The van der Waals surface area contributed by atoms with E-state index in [1.807, 2.05) is 47.6 Å². The molecule has 0 amide bonds. The van der Waals surface area contributed by atoms with Gasteiger partial charge >= 0.3 is 0 Å². The summed E-state index contributed by atoms with van der Waals surface area (Å²) < 4.78 is 6.96. The number of hydrogen-bond donors (Lipinski definition) is 2. The van der Waals surface area contributed by atoms with Crippen molar-refractivity contribution in [2.45, 2.75) is 121 Å². The summed E-state index contributed by atoms with van der Waals surface area (Å²) in [6.45, 7) is 24.5. The highest BCUT2D eigenvalue weighted by molar-refractivity contribution is 6.35. The van der Waals surface area contributed by atoms with E-state index in [1.165, 1.54) is 23.8 Å². The number of ether oxygens (including phenoxy) is 1. The average Bonchev–Trinajstić information content (AvgIpc) is 2.93. The van der Waals surface area contributed by atoms with E-state index in [0.717, 1.165) is 11.1 Å². The zero-order chi connectivity index (χ0) is 34.8. The molecule has 250 valence electrons.